The number of halogens is 1. The van der Waals surface area contributed by atoms with Crippen molar-refractivity contribution in [3.63, 3.8) is 0 Å². The van der Waals surface area contributed by atoms with Crippen molar-refractivity contribution in [3.8, 4) is 5.75 Å². The monoisotopic (exact) mass is 304 g/mol. The summed E-state index contributed by atoms with van der Waals surface area (Å²) in [6.07, 6.45) is 1.48. The number of benzene rings is 2. The van der Waals surface area contributed by atoms with Crippen LogP contribution in [0.3, 0.4) is 0 Å². The zero-order valence-corrected chi connectivity index (χ0v) is 12.3. The fourth-order valence-electron chi connectivity index (χ4n) is 2.00. The number of carboxylic acid groups (broad SMARTS) is 1. The molecule has 0 atom stereocenters. The van der Waals surface area contributed by atoms with Crippen LogP contribution in [0.4, 0.5) is 0 Å². The van der Waals surface area contributed by atoms with Crippen molar-refractivity contribution >= 4 is 17.6 Å². The zero-order chi connectivity index (χ0) is 15.1. The topological polar surface area (TPSA) is 46.5 Å². The Morgan fingerprint density at radius 2 is 1.86 bits per heavy atom. The molecule has 21 heavy (non-hydrogen) atoms. The van der Waals surface area contributed by atoms with Gasteiger partial charge in [-0.05, 0) is 36.1 Å². The molecule has 0 unspecified atom stereocenters. The van der Waals surface area contributed by atoms with Gasteiger partial charge in [-0.3, -0.25) is 4.79 Å². The maximum Gasteiger partial charge on any atom is 0.303 e. The summed E-state index contributed by atoms with van der Waals surface area (Å²) < 4.78 is 5.69. The Morgan fingerprint density at radius 3 is 2.52 bits per heavy atom. The molecule has 0 heterocycles. The van der Waals surface area contributed by atoms with Crippen LogP contribution < -0.4 is 4.74 Å². The van der Waals surface area contributed by atoms with Gasteiger partial charge in [0.15, 0.2) is 0 Å². The second-order valence-electron chi connectivity index (χ2n) is 4.79. The van der Waals surface area contributed by atoms with Gasteiger partial charge in [0.25, 0.3) is 0 Å². The van der Waals surface area contributed by atoms with Crippen LogP contribution in [0.25, 0.3) is 0 Å². The molecule has 0 saturated carbocycles. The van der Waals surface area contributed by atoms with Crippen molar-refractivity contribution in [3.05, 3.63) is 64.7 Å². The van der Waals surface area contributed by atoms with Gasteiger partial charge in [-0.2, -0.15) is 0 Å². The smallest absolute Gasteiger partial charge is 0.303 e. The highest BCUT2D eigenvalue weighted by molar-refractivity contribution is 6.32. The molecule has 110 valence electrons. The van der Waals surface area contributed by atoms with Gasteiger partial charge in [0.05, 0.1) is 5.02 Å². The third-order valence-electron chi connectivity index (χ3n) is 3.09. The summed E-state index contributed by atoms with van der Waals surface area (Å²) in [5.74, 6) is -0.133. The predicted octanol–water partition coefficient (Wildman–Crippen LogP) is 4.33. The predicted molar refractivity (Wildman–Crippen MR) is 82.8 cm³/mol. The average molecular weight is 305 g/mol. The van der Waals surface area contributed by atoms with E-state index < -0.39 is 5.97 Å². The summed E-state index contributed by atoms with van der Waals surface area (Å²) >= 11 is 6.20. The summed E-state index contributed by atoms with van der Waals surface area (Å²) in [7, 11) is 0. The number of carbonyl (C=O) groups is 1. The van der Waals surface area contributed by atoms with Gasteiger partial charge in [-0.25, -0.2) is 0 Å². The summed E-state index contributed by atoms with van der Waals surface area (Å²) in [5, 5.41) is 9.18. The fraction of sp³-hybridized carbons (Fsp3) is 0.235. The van der Waals surface area contributed by atoms with Crippen LogP contribution in [0.2, 0.25) is 5.02 Å². The Balaban J connectivity index is 1.91. The summed E-state index contributed by atoms with van der Waals surface area (Å²) in [5.41, 5.74) is 2.10. The summed E-state index contributed by atoms with van der Waals surface area (Å²) in [4.78, 5) is 10.5. The first kappa shape index (κ1) is 15.4. The van der Waals surface area contributed by atoms with Gasteiger partial charge in [-0.15, -0.1) is 0 Å². The van der Waals surface area contributed by atoms with Crippen molar-refractivity contribution in [1.82, 2.24) is 0 Å². The third-order valence-corrected chi connectivity index (χ3v) is 3.38. The van der Waals surface area contributed by atoms with Gasteiger partial charge in [0, 0.05) is 6.42 Å². The van der Waals surface area contributed by atoms with Crippen molar-refractivity contribution in [1.29, 1.82) is 0 Å². The highest BCUT2D eigenvalue weighted by Gasteiger charge is 2.05. The van der Waals surface area contributed by atoms with E-state index >= 15 is 0 Å². The molecule has 3 nitrogen and oxygen atoms in total. The molecule has 2 aromatic carbocycles. The fourth-order valence-corrected chi connectivity index (χ4v) is 2.25. The molecular formula is C17H17ClO3. The van der Waals surface area contributed by atoms with E-state index in [9.17, 15) is 4.79 Å². The first-order valence-corrected chi connectivity index (χ1v) is 7.20. The number of hydrogen-bond donors (Lipinski definition) is 1. The Kier molecular flexibility index (Phi) is 5.64. The van der Waals surface area contributed by atoms with E-state index in [4.69, 9.17) is 21.4 Å². The van der Waals surface area contributed by atoms with Crippen LogP contribution in [-0.4, -0.2) is 11.1 Å². The molecule has 0 bridgehead atoms. The van der Waals surface area contributed by atoms with E-state index in [-0.39, 0.29) is 6.42 Å². The van der Waals surface area contributed by atoms with E-state index in [0.717, 1.165) is 11.1 Å². The molecule has 4 heteroatoms. The molecule has 0 aliphatic heterocycles. The lowest BCUT2D eigenvalue weighted by atomic mass is 10.1. The van der Waals surface area contributed by atoms with E-state index in [1.54, 1.807) is 0 Å². The number of rotatable bonds is 7. The highest BCUT2D eigenvalue weighted by Crippen LogP contribution is 2.27. The number of carboxylic acids is 1. The second-order valence-corrected chi connectivity index (χ2v) is 5.19. The van der Waals surface area contributed by atoms with E-state index in [0.29, 0.717) is 30.2 Å². The second kappa shape index (κ2) is 7.70. The van der Waals surface area contributed by atoms with Crippen LogP contribution >= 0.6 is 11.6 Å². The Bertz CT molecular complexity index is 596. The zero-order valence-electron chi connectivity index (χ0n) is 11.6. The average Bonchev–Trinajstić information content (AvgIpc) is 2.47. The molecule has 0 radical (unpaired) electrons. The van der Waals surface area contributed by atoms with E-state index in [1.807, 2.05) is 48.5 Å². The van der Waals surface area contributed by atoms with Gasteiger partial charge in [0.1, 0.15) is 12.4 Å². The minimum absolute atomic E-state index is 0.171. The lowest BCUT2D eigenvalue weighted by Gasteiger charge is -2.09. The van der Waals surface area contributed by atoms with Gasteiger partial charge in [-0.1, -0.05) is 48.0 Å². The Morgan fingerprint density at radius 1 is 1.10 bits per heavy atom. The number of aliphatic carboxylic acids is 1. The molecule has 0 saturated heterocycles. The van der Waals surface area contributed by atoms with Crippen molar-refractivity contribution in [2.75, 3.05) is 0 Å². The first-order chi connectivity index (χ1) is 10.1. The van der Waals surface area contributed by atoms with Crippen LogP contribution in [0, 0.1) is 0 Å². The number of hydrogen-bond acceptors (Lipinski definition) is 2. The SMILES string of the molecule is O=C(O)CCCc1ccc(OCc2ccccc2)c(Cl)c1. The molecule has 2 aromatic rings. The molecule has 1 N–H and O–H groups in total. The highest BCUT2D eigenvalue weighted by atomic mass is 35.5. The maximum atomic E-state index is 10.5. The van der Waals surface area contributed by atoms with Gasteiger partial charge < -0.3 is 9.84 Å². The summed E-state index contributed by atoms with van der Waals surface area (Å²) in [6.45, 7) is 0.471. The Labute approximate surface area is 129 Å². The largest absolute Gasteiger partial charge is 0.487 e. The lowest BCUT2D eigenvalue weighted by Crippen LogP contribution is -1.97. The van der Waals surface area contributed by atoms with Crippen molar-refractivity contribution in [2.45, 2.75) is 25.9 Å². The number of ether oxygens (including phenoxy) is 1. The molecule has 0 aromatic heterocycles. The van der Waals surface area contributed by atoms with E-state index in [1.165, 1.54) is 0 Å². The molecule has 0 aliphatic rings. The standard InChI is InChI=1S/C17H17ClO3/c18-15-11-13(7-4-8-17(19)20)9-10-16(15)21-12-14-5-2-1-3-6-14/h1-3,5-6,9-11H,4,7-8,12H2,(H,19,20). The molecule has 0 spiro atoms. The normalized spacial score (nSPS) is 10.3. The van der Waals surface area contributed by atoms with Crippen LogP contribution in [0.15, 0.2) is 48.5 Å². The molecule has 0 amide bonds. The maximum absolute atomic E-state index is 10.5. The first-order valence-electron chi connectivity index (χ1n) is 6.82. The van der Waals surface area contributed by atoms with Crippen LogP contribution in [-0.2, 0) is 17.8 Å². The molecule has 0 aliphatic carbocycles. The quantitative estimate of drug-likeness (QED) is 0.828. The van der Waals surface area contributed by atoms with Gasteiger partial charge in [0.2, 0.25) is 0 Å². The third kappa shape index (κ3) is 5.12. The lowest BCUT2D eigenvalue weighted by molar-refractivity contribution is -0.137. The number of aryl methyl sites for hydroxylation is 1. The Hall–Kier alpha value is -2.00. The molecule has 2 rings (SSSR count). The van der Waals surface area contributed by atoms with Crippen LogP contribution in [0.1, 0.15) is 24.0 Å². The minimum Gasteiger partial charge on any atom is -0.487 e. The van der Waals surface area contributed by atoms with Crippen molar-refractivity contribution < 1.29 is 14.6 Å². The molecule has 0 fully saturated rings. The van der Waals surface area contributed by atoms with Crippen LogP contribution in [0.5, 0.6) is 5.75 Å². The molecular weight excluding hydrogens is 288 g/mol. The van der Waals surface area contributed by atoms with Crippen molar-refractivity contribution in [2.24, 2.45) is 0 Å². The summed E-state index contributed by atoms with van der Waals surface area (Å²) in [6, 6.07) is 15.5. The van der Waals surface area contributed by atoms with Gasteiger partial charge >= 0.3 is 5.97 Å². The minimum atomic E-state index is -0.774. The van der Waals surface area contributed by atoms with E-state index in [2.05, 4.69) is 0 Å².